The van der Waals surface area contributed by atoms with Crippen LogP contribution in [0.3, 0.4) is 0 Å². The lowest BCUT2D eigenvalue weighted by molar-refractivity contribution is -0.274. The van der Waals surface area contributed by atoms with Gasteiger partial charge in [0.1, 0.15) is 11.5 Å². The summed E-state index contributed by atoms with van der Waals surface area (Å²) in [6, 6.07) is 13.6. The van der Waals surface area contributed by atoms with Crippen LogP contribution in [-0.2, 0) is 6.54 Å². The normalized spacial score (nSPS) is 11.0. The molecule has 0 radical (unpaired) electrons. The molecule has 0 aliphatic rings. The molecule has 6 nitrogen and oxygen atoms in total. The highest BCUT2D eigenvalue weighted by molar-refractivity contribution is 5.94. The van der Waals surface area contributed by atoms with Crippen LogP contribution in [-0.4, -0.2) is 22.2 Å². The minimum Gasteiger partial charge on any atom is -0.424 e. The first kappa shape index (κ1) is 19.2. The van der Waals surface area contributed by atoms with Crippen molar-refractivity contribution in [2.75, 3.05) is 0 Å². The fourth-order valence-corrected chi connectivity index (χ4v) is 2.30. The van der Waals surface area contributed by atoms with Crippen LogP contribution in [0, 0.1) is 0 Å². The van der Waals surface area contributed by atoms with Crippen molar-refractivity contribution in [1.82, 2.24) is 15.3 Å². The SMILES string of the molecule is O=C(NCc1ccccc1OC(F)(F)F)c1cccc(Oc2ncccn2)c1. The second-order valence-electron chi connectivity index (χ2n) is 5.50. The van der Waals surface area contributed by atoms with Gasteiger partial charge in [0.05, 0.1) is 0 Å². The van der Waals surface area contributed by atoms with Gasteiger partial charge in [0.25, 0.3) is 5.91 Å². The van der Waals surface area contributed by atoms with Gasteiger partial charge >= 0.3 is 12.4 Å². The monoisotopic (exact) mass is 389 g/mol. The quantitative estimate of drug-likeness (QED) is 0.687. The van der Waals surface area contributed by atoms with E-state index in [-0.39, 0.29) is 29.4 Å². The first-order chi connectivity index (χ1) is 13.4. The summed E-state index contributed by atoms with van der Waals surface area (Å²) in [7, 11) is 0. The number of benzene rings is 2. The van der Waals surface area contributed by atoms with Crippen molar-refractivity contribution in [1.29, 1.82) is 0 Å². The molecule has 0 spiro atoms. The van der Waals surface area contributed by atoms with E-state index in [9.17, 15) is 18.0 Å². The second kappa shape index (κ2) is 8.38. The van der Waals surface area contributed by atoms with Gasteiger partial charge in [0, 0.05) is 30.1 Å². The van der Waals surface area contributed by atoms with Gasteiger partial charge < -0.3 is 14.8 Å². The number of para-hydroxylation sites is 1. The highest BCUT2D eigenvalue weighted by atomic mass is 19.4. The zero-order valence-electron chi connectivity index (χ0n) is 14.3. The summed E-state index contributed by atoms with van der Waals surface area (Å²) in [4.78, 5) is 20.2. The fourth-order valence-electron chi connectivity index (χ4n) is 2.30. The predicted molar refractivity (Wildman–Crippen MR) is 92.8 cm³/mol. The maximum atomic E-state index is 12.5. The van der Waals surface area contributed by atoms with Crippen LogP contribution < -0.4 is 14.8 Å². The Morgan fingerprint density at radius 1 is 1.00 bits per heavy atom. The molecule has 0 atom stereocenters. The molecule has 0 bridgehead atoms. The number of nitrogens with one attached hydrogen (secondary N) is 1. The number of rotatable bonds is 6. The lowest BCUT2D eigenvalue weighted by atomic mass is 10.1. The fraction of sp³-hybridized carbons (Fsp3) is 0.105. The number of amides is 1. The van der Waals surface area contributed by atoms with Gasteiger partial charge in [0.2, 0.25) is 0 Å². The Morgan fingerprint density at radius 2 is 1.75 bits per heavy atom. The summed E-state index contributed by atoms with van der Waals surface area (Å²) >= 11 is 0. The number of carbonyl (C=O) groups excluding carboxylic acids is 1. The molecule has 28 heavy (non-hydrogen) atoms. The number of hydrogen-bond donors (Lipinski definition) is 1. The average Bonchev–Trinajstić information content (AvgIpc) is 2.67. The smallest absolute Gasteiger partial charge is 0.424 e. The van der Waals surface area contributed by atoms with E-state index in [0.717, 1.165) is 0 Å². The molecule has 1 heterocycles. The maximum absolute atomic E-state index is 12.5. The molecule has 3 aromatic rings. The van der Waals surface area contributed by atoms with E-state index in [0.29, 0.717) is 5.75 Å². The highest BCUT2D eigenvalue weighted by Crippen LogP contribution is 2.26. The molecule has 1 amide bonds. The summed E-state index contributed by atoms with van der Waals surface area (Å²) in [6.07, 6.45) is -1.79. The number of ether oxygens (including phenoxy) is 2. The maximum Gasteiger partial charge on any atom is 0.573 e. The van der Waals surface area contributed by atoms with Crippen molar-refractivity contribution < 1.29 is 27.4 Å². The van der Waals surface area contributed by atoms with Crippen molar-refractivity contribution in [3.8, 4) is 17.5 Å². The molecule has 0 aliphatic carbocycles. The van der Waals surface area contributed by atoms with Crippen molar-refractivity contribution in [3.05, 3.63) is 78.1 Å². The molecule has 9 heteroatoms. The molecule has 144 valence electrons. The molecule has 1 aromatic heterocycles. The Kier molecular flexibility index (Phi) is 5.73. The minimum atomic E-state index is -4.81. The minimum absolute atomic E-state index is 0.123. The van der Waals surface area contributed by atoms with Gasteiger partial charge in [-0.25, -0.2) is 9.97 Å². The predicted octanol–water partition coefficient (Wildman–Crippen LogP) is 4.10. The standard InChI is InChI=1S/C19H14F3N3O3/c20-19(21,22)28-16-8-2-1-5-14(16)12-25-17(26)13-6-3-7-15(11-13)27-18-23-9-4-10-24-18/h1-11H,12H2,(H,25,26). The lowest BCUT2D eigenvalue weighted by Crippen LogP contribution is -2.24. The van der Waals surface area contributed by atoms with Gasteiger partial charge in [-0.1, -0.05) is 24.3 Å². The van der Waals surface area contributed by atoms with Crippen molar-refractivity contribution in [3.63, 3.8) is 0 Å². The Balaban J connectivity index is 1.67. The molecule has 1 N–H and O–H groups in total. The molecule has 0 aliphatic heterocycles. The van der Waals surface area contributed by atoms with Crippen molar-refractivity contribution in [2.24, 2.45) is 0 Å². The average molecular weight is 389 g/mol. The van der Waals surface area contributed by atoms with E-state index in [2.05, 4.69) is 20.0 Å². The van der Waals surface area contributed by atoms with Gasteiger partial charge in [-0.05, 0) is 30.3 Å². The highest BCUT2D eigenvalue weighted by Gasteiger charge is 2.32. The van der Waals surface area contributed by atoms with Crippen LogP contribution in [0.1, 0.15) is 15.9 Å². The Morgan fingerprint density at radius 3 is 2.50 bits per heavy atom. The van der Waals surface area contributed by atoms with Gasteiger partial charge in [0.15, 0.2) is 0 Å². The number of carbonyl (C=O) groups is 1. The van der Waals surface area contributed by atoms with E-state index in [1.54, 1.807) is 30.3 Å². The summed E-state index contributed by atoms with van der Waals surface area (Å²) in [5, 5.41) is 2.56. The lowest BCUT2D eigenvalue weighted by Gasteiger charge is -2.13. The molecule has 2 aromatic carbocycles. The van der Waals surface area contributed by atoms with Crippen LogP contribution in [0.15, 0.2) is 67.0 Å². The summed E-state index contributed by atoms with van der Waals surface area (Å²) in [6.45, 7) is -0.141. The van der Waals surface area contributed by atoms with Gasteiger partial charge in [-0.3, -0.25) is 4.79 Å². The largest absolute Gasteiger partial charge is 0.573 e. The molecule has 3 rings (SSSR count). The van der Waals surface area contributed by atoms with Crippen molar-refractivity contribution in [2.45, 2.75) is 12.9 Å². The molecular formula is C19H14F3N3O3. The van der Waals surface area contributed by atoms with Crippen LogP contribution in [0.2, 0.25) is 0 Å². The molecule has 0 saturated heterocycles. The van der Waals surface area contributed by atoms with Crippen LogP contribution in [0.4, 0.5) is 13.2 Å². The van der Waals surface area contributed by atoms with E-state index in [1.165, 1.54) is 36.7 Å². The Bertz CT molecular complexity index is 950. The van der Waals surface area contributed by atoms with Crippen LogP contribution >= 0.6 is 0 Å². The van der Waals surface area contributed by atoms with Crippen LogP contribution in [0.25, 0.3) is 0 Å². The number of hydrogen-bond acceptors (Lipinski definition) is 5. The van der Waals surface area contributed by atoms with Crippen LogP contribution in [0.5, 0.6) is 17.5 Å². The zero-order valence-corrected chi connectivity index (χ0v) is 14.3. The summed E-state index contributed by atoms with van der Waals surface area (Å²) in [5.41, 5.74) is 0.459. The van der Waals surface area contributed by atoms with E-state index < -0.39 is 12.3 Å². The molecule has 0 unspecified atom stereocenters. The number of alkyl halides is 3. The van der Waals surface area contributed by atoms with Crippen molar-refractivity contribution >= 4 is 5.91 Å². The zero-order chi connectivity index (χ0) is 20.0. The Hall–Kier alpha value is -3.62. The van der Waals surface area contributed by atoms with E-state index >= 15 is 0 Å². The second-order valence-corrected chi connectivity index (χ2v) is 5.50. The topological polar surface area (TPSA) is 73.3 Å². The first-order valence-corrected chi connectivity index (χ1v) is 8.07. The summed E-state index contributed by atoms with van der Waals surface area (Å²) in [5.74, 6) is -0.505. The van der Waals surface area contributed by atoms with Gasteiger partial charge in [-0.2, -0.15) is 0 Å². The number of halogens is 3. The third-order valence-corrected chi connectivity index (χ3v) is 3.49. The molecule has 0 saturated carbocycles. The Labute approximate surface area is 158 Å². The molecule has 0 fully saturated rings. The first-order valence-electron chi connectivity index (χ1n) is 8.07. The van der Waals surface area contributed by atoms with Gasteiger partial charge in [-0.15, -0.1) is 13.2 Å². The third-order valence-electron chi connectivity index (χ3n) is 3.49. The number of aromatic nitrogens is 2. The van der Waals surface area contributed by atoms with E-state index in [4.69, 9.17) is 4.74 Å². The third kappa shape index (κ3) is 5.44. The molecular weight excluding hydrogens is 375 g/mol. The summed E-state index contributed by atoms with van der Waals surface area (Å²) < 4.78 is 46.9. The van der Waals surface area contributed by atoms with E-state index in [1.807, 2.05) is 0 Å². The number of nitrogens with zero attached hydrogens (tertiary/aromatic N) is 2.